The van der Waals surface area contributed by atoms with Gasteiger partial charge < -0.3 is 10.3 Å². The average Bonchev–Trinajstić information content (AvgIpc) is 2.96. The molecule has 1 fully saturated rings. The molecule has 7 nitrogen and oxygen atoms in total. The van der Waals surface area contributed by atoms with E-state index >= 15 is 0 Å². The summed E-state index contributed by atoms with van der Waals surface area (Å²) < 4.78 is 27.2. The molecule has 0 unspecified atom stereocenters. The summed E-state index contributed by atoms with van der Waals surface area (Å²) in [5.41, 5.74) is 6.35. The number of rotatable bonds is 8. The molecule has 1 amide bonds. The normalized spacial score (nSPS) is 19.4. The van der Waals surface area contributed by atoms with Gasteiger partial charge in [-0.1, -0.05) is 13.8 Å². The van der Waals surface area contributed by atoms with Crippen molar-refractivity contribution in [2.75, 3.05) is 13.1 Å². The van der Waals surface area contributed by atoms with E-state index in [0.717, 1.165) is 31.5 Å². The molecule has 0 saturated carbocycles. The molecular formula is C18H32N4O3S. The van der Waals surface area contributed by atoms with Crippen LogP contribution >= 0.6 is 0 Å². The van der Waals surface area contributed by atoms with Crippen LogP contribution in [0.25, 0.3) is 0 Å². The van der Waals surface area contributed by atoms with Crippen LogP contribution in [0.15, 0.2) is 11.4 Å². The van der Waals surface area contributed by atoms with Crippen LogP contribution < -0.4 is 5.73 Å². The first-order chi connectivity index (χ1) is 12.1. The quantitative estimate of drug-likeness (QED) is 0.737. The molecule has 1 aromatic rings. The molecule has 0 radical (unpaired) electrons. The first kappa shape index (κ1) is 20.9. The van der Waals surface area contributed by atoms with Gasteiger partial charge in [0.15, 0.2) is 0 Å². The van der Waals surface area contributed by atoms with E-state index in [4.69, 9.17) is 5.73 Å². The summed E-state index contributed by atoms with van der Waals surface area (Å²) in [4.78, 5) is 17.9. The van der Waals surface area contributed by atoms with E-state index in [1.54, 1.807) is 20.0 Å². The molecule has 1 aliphatic rings. The average molecular weight is 385 g/mol. The zero-order valence-electron chi connectivity index (χ0n) is 16.3. The molecule has 26 heavy (non-hydrogen) atoms. The topological polar surface area (TPSA) is 98.3 Å². The van der Waals surface area contributed by atoms with E-state index in [2.05, 4.69) is 23.7 Å². The van der Waals surface area contributed by atoms with Crippen LogP contribution in [0.5, 0.6) is 0 Å². The van der Waals surface area contributed by atoms with Crippen molar-refractivity contribution < 1.29 is 13.2 Å². The van der Waals surface area contributed by atoms with E-state index < -0.39 is 15.1 Å². The standard InChI is InChI=1S/C18H32N4O3S/c1-13(2)7-9-22-16(10-20-18(22)26(24,25)14(3)4)12-21-8-5-6-15(11-21)17(19)23/h10,13-15H,5-9,11-12H2,1-4H3,(H2,19,23)/t15-/m0/s1. The summed E-state index contributed by atoms with van der Waals surface area (Å²) in [7, 11) is -3.44. The number of primary amides is 1. The fourth-order valence-electron chi connectivity index (χ4n) is 3.24. The second-order valence-corrected chi connectivity index (χ2v) is 10.3. The molecule has 0 bridgehead atoms. The Labute approximate surface area is 156 Å². The van der Waals surface area contributed by atoms with Crippen molar-refractivity contribution in [1.82, 2.24) is 14.5 Å². The maximum Gasteiger partial charge on any atom is 0.228 e. The van der Waals surface area contributed by atoms with Gasteiger partial charge in [-0.25, -0.2) is 13.4 Å². The van der Waals surface area contributed by atoms with E-state index in [9.17, 15) is 13.2 Å². The maximum atomic E-state index is 12.7. The predicted octanol–water partition coefficient (Wildman–Crippen LogP) is 1.81. The number of imidazole rings is 1. The fraction of sp³-hybridized carbons (Fsp3) is 0.778. The van der Waals surface area contributed by atoms with Gasteiger partial charge in [0, 0.05) is 19.6 Å². The Balaban J connectivity index is 2.27. The van der Waals surface area contributed by atoms with Gasteiger partial charge in [-0.3, -0.25) is 9.69 Å². The summed E-state index contributed by atoms with van der Waals surface area (Å²) in [5, 5.41) is -0.351. The number of amides is 1. The molecular weight excluding hydrogens is 352 g/mol. The largest absolute Gasteiger partial charge is 0.369 e. The number of nitrogens with zero attached hydrogens (tertiary/aromatic N) is 3. The minimum atomic E-state index is -3.44. The van der Waals surface area contributed by atoms with E-state index in [0.29, 0.717) is 25.6 Å². The highest BCUT2D eigenvalue weighted by molar-refractivity contribution is 7.91. The molecule has 2 N–H and O–H groups in total. The number of aromatic nitrogens is 2. The Kier molecular flexibility index (Phi) is 6.85. The molecule has 1 atom stereocenters. The third-order valence-corrected chi connectivity index (χ3v) is 7.08. The summed E-state index contributed by atoms with van der Waals surface area (Å²) >= 11 is 0. The highest BCUT2D eigenvalue weighted by Gasteiger charge is 2.29. The van der Waals surface area contributed by atoms with Gasteiger partial charge in [-0.05, 0) is 45.6 Å². The smallest absolute Gasteiger partial charge is 0.228 e. The van der Waals surface area contributed by atoms with Crippen molar-refractivity contribution in [2.45, 2.75) is 70.5 Å². The van der Waals surface area contributed by atoms with Crippen molar-refractivity contribution in [3.8, 4) is 0 Å². The number of carbonyl (C=O) groups is 1. The molecule has 0 aromatic carbocycles. The van der Waals surface area contributed by atoms with Gasteiger partial charge in [0.25, 0.3) is 0 Å². The monoisotopic (exact) mass is 384 g/mol. The maximum absolute atomic E-state index is 12.7. The Morgan fingerprint density at radius 3 is 2.62 bits per heavy atom. The van der Waals surface area contributed by atoms with Crippen molar-refractivity contribution in [1.29, 1.82) is 0 Å². The van der Waals surface area contributed by atoms with Crippen LogP contribution in [0.4, 0.5) is 0 Å². The first-order valence-corrected chi connectivity index (χ1v) is 11.0. The van der Waals surface area contributed by atoms with Crippen LogP contribution in [0, 0.1) is 11.8 Å². The molecule has 1 aliphatic heterocycles. The molecule has 1 saturated heterocycles. The molecule has 0 aliphatic carbocycles. The van der Waals surface area contributed by atoms with Gasteiger partial charge in [0.2, 0.25) is 20.9 Å². The van der Waals surface area contributed by atoms with Crippen LogP contribution in [-0.4, -0.2) is 47.1 Å². The Morgan fingerprint density at radius 2 is 2.04 bits per heavy atom. The Bertz CT molecular complexity index is 725. The second-order valence-electron chi connectivity index (χ2n) is 7.94. The lowest BCUT2D eigenvalue weighted by Crippen LogP contribution is -2.41. The van der Waals surface area contributed by atoms with Gasteiger partial charge in [0.1, 0.15) is 0 Å². The van der Waals surface area contributed by atoms with Gasteiger partial charge >= 0.3 is 0 Å². The molecule has 0 spiro atoms. The van der Waals surface area contributed by atoms with Crippen LogP contribution in [0.2, 0.25) is 0 Å². The minimum Gasteiger partial charge on any atom is -0.369 e. The molecule has 1 aromatic heterocycles. The van der Waals surface area contributed by atoms with Crippen LogP contribution in [-0.2, 0) is 27.7 Å². The Hall–Kier alpha value is -1.41. The zero-order chi connectivity index (χ0) is 19.5. The van der Waals surface area contributed by atoms with Crippen molar-refractivity contribution in [2.24, 2.45) is 17.6 Å². The van der Waals surface area contributed by atoms with Crippen molar-refractivity contribution >= 4 is 15.7 Å². The number of piperidine rings is 1. The SMILES string of the molecule is CC(C)CCn1c(CN2CCC[C@H](C(N)=O)C2)cnc1S(=O)(=O)C(C)C. The van der Waals surface area contributed by atoms with Crippen LogP contribution in [0.3, 0.4) is 0 Å². The molecule has 148 valence electrons. The third kappa shape index (κ3) is 4.85. The lowest BCUT2D eigenvalue weighted by atomic mass is 9.97. The highest BCUT2D eigenvalue weighted by atomic mass is 32.2. The second kappa shape index (κ2) is 8.52. The summed E-state index contributed by atoms with van der Waals surface area (Å²) in [5.74, 6) is 0.0785. The summed E-state index contributed by atoms with van der Waals surface area (Å²) in [6.45, 7) is 10.3. The summed E-state index contributed by atoms with van der Waals surface area (Å²) in [6, 6.07) is 0. The number of carbonyl (C=O) groups excluding carboxylic acids is 1. The van der Waals surface area contributed by atoms with E-state index in [-0.39, 0.29) is 17.0 Å². The number of nitrogens with two attached hydrogens (primary N) is 1. The number of sulfone groups is 1. The molecule has 2 rings (SSSR count). The lowest BCUT2D eigenvalue weighted by molar-refractivity contribution is -0.123. The highest BCUT2D eigenvalue weighted by Crippen LogP contribution is 2.22. The third-order valence-electron chi connectivity index (χ3n) is 5.00. The van der Waals surface area contributed by atoms with Crippen LogP contribution in [0.1, 0.15) is 52.7 Å². The number of likely N-dealkylation sites (tertiary alicyclic amines) is 1. The van der Waals surface area contributed by atoms with Gasteiger partial charge in [-0.15, -0.1) is 0 Å². The minimum absolute atomic E-state index is 0.130. The zero-order valence-corrected chi connectivity index (χ0v) is 17.1. The first-order valence-electron chi connectivity index (χ1n) is 9.42. The van der Waals surface area contributed by atoms with Crippen molar-refractivity contribution in [3.05, 3.63) is 11.9 Å². The summed E-state index contributed by atoms with van der Waals surface area (Å²) in [6.07, 6.45) is 4.30. The van der Waals surface area contributed by atoms with E-state index in [1.165, 1.54) is 0 Å². The van der Waals surface area contributed by atoms with E-state index in [1.807, 2.05) is 4.57 Å². The lowest BCUT2D eigenvalue weighted by Gasteiger charge is -2.31. The fourth-order valence-corrected chi connectivity index (χ4v) is 4.38. The van der Waals surface area contributed by atoms with Crippen molar-refractivity contribution in [3.63, 3.8) is 0 Å². The number of hydrogen-bond acceptors (Lipinski definition) is 5. The van der Waals surface area contributed by atoms with Gasteiger partial charge in [0.05, 0.1) is 23.1 Å². The van der Waals surface area contributed by atoms with Gasteiger partial charge in [-0.2, -0.15) is 0 Å². The predicted molar refractivity (Wildman–Crippen MR) is 101 cm³/mol. The molecule has 8 heteroatoms. The molecule has 2 heterocycles. The number of hydrogen-bond donors (Lipinski definition) is 1. The Morgan fingerprint density at radius 1 is 1.35 bits per heavy atom.